The van der Waals surface area contributed by atoms with Crippen molar-refractivity contribution in [2.45, 2.75) is 19.3 Å². The average Bonchev–Trinajstić information content (AvgIpc) is 2.68. The van der Waals surface area contributed by atoms with Crippen LogP contribution >= 0.6 is 0 Å². The molecule has 142 valence electrons. The van der Waals surface area contributed by atoms with Crippen LogP contribution in [0, 0.1) is 11.3 Å². The first-order chi connectivity index (χ1) is 13.5. The van der Waals surface area contributed by atoms with Gasteiger partial charge in [-0.05, 0) is 24.6 Å². The van der Waals surface area contributed by atoms with Gasteiger partial charge in [0, 0.05) is 37.9 Å². The molecule has 1 aromatic heterocycles. The summed E-state index contributed by atoms with van der Waals surface area (Å²) in [6, 6.07) is 15.0. The summed E-state index contributed by atoms with van der Waals surface area (Å²) in [6.45, 7) is 0. The number of nitriles is 1. The first-order valence-electron chi connectivity index (χ1n) is 8.97. The summed E-state index contributed by atoms with van der Waals surface area (Å²) in [5.41, 5.74) is 2.69. The van der Waals surface area contributed by atoms with Crippen LogP contribution < -0.4 is 15.8 Å². The van der Waals surface area contributed by atoms with Crippen molar-refractivity contribution in [1.29, 1.82) is 5.26 Å². The number of carbonyl (C=O) groups is 1. The van der Waals surface area contributed by atoms with E-state index in [2.05, 4.69) is 15.5 Å². The molecule has 0 spiro atoms. The molecule has 0 saturated heterocycles. The van der Waals surface area contributed by atoms with Gasteiger partial charge in [0.15, 0.2) is 0 Å². The van der Waals surface area contributed by atoms with E-state index >= 15 is 0 Å². The van der Waals surface area contributed by atoms with E-state index in [1.165, 1.54) is 0 Å². The lowest BCUT2D eigenvalue weighted by Gasteiger charge is -2.19. The van der Waals surface area contributed by atoms with Crippen molar-refractivity contribution >= 4 is 28.1 Å². The lowest BCUT2D eigenvalue weighted by atomic mass is 10.0. The second-order valence-corrected chi connectivity index (χ2v) is 6.63. The summed E-state index contributed by atoms with van der Waals surface area (Å²) in [7, 11) is 3.79. The molecule has 0 unspecified atom stereocenters. The monoisotopic (exact) mass is 375 g/mol. The van der Waals surface area contributed by atoms with E-state index in [4.69, 9.17) is 5.26 Å². The highest BCUT2D eigenvalue weighted by Crippen LogP contribution is 2.32. The van der Waals surface area contributed by atoms with Gasteiger partial charge in [-0.1, -0.05) is 24.3 Å². The maximum absolute atomic E-state index is 12.3. The van der Waals surface area contributed by atoms with Gasteiger partial charge < -0.3 is 10.2 Å². The standard InChI is InChI=1S/C21H21N5O2/c1-26(2)18-11-10-14(13-17(18)23-19(27)9-5-6-12-22)20-15-7-3-4-8-16(15)21(28)25-24-20/h3-4,7-8,10-11,13H,5-6,9H2,1-2H3,(H,23,27)(H,25,28). The Labute approximate surface area is 162 Å². The normalized spacial score (nSPS) is 10.5. The number of hydrogen-bond donors (Lipinski definition) is 2. The largest absolute Gasteiger partial charge is 0.376 e. The minimum Gasteiger partial charge on any atom is -0.376 e. The first kappa shape index (κ1) is 19.1. The van der Waals surface area contributed by atoms with E-state index in [1.54, 1.807) is 6.07 Å². The molecule has 2 N–H and O–H groups in total. The number of fused-ring (bicyclic) bond motifs is 1. The number of nitrogens with zero attached hydrogens (tertiary/aromatic N) is 3. The van der Waals surface area contributed by atoms with Crippen molar-refractivity contribution < 1.29 is 4.79 Å². The predicted octanol–water partition coefficient (Wildman–Crippen LogP) is 3.29. The van der Waals surface area contributed by atoms with Crippen molar-refractivity contribution in [2.75, 3.05) is 24.3 Å². The quantitative estimate of drug-likeness (QED) is 0.644. The molecule has 1 heterocycles. The van der Waals surface area contributed by atoms with E-state index in [1.807, 2.05) is 61.5 Å². The van der Waals surface area contributed by atoms with Gasteiger partial charge in [-0.3, -0.25) is 9.59 Å². The lowest BCUT2D eigenvalue weighted by Crippen LogP contribution is -2.16. The second kappa shape index (κ2) is 8.35. The van der Waals surface area contributed by atoms with Crippen LogP contribution in [0.15, 0.2) is 47.3 Å². The third-order valence-electron chi connectivity index (χ3n) is 4.41. The number of hydrogen-bond acceptors (Lipinski definition) is 5. The molecule has 3 rings (SSSR count). The molecule has 0 aliphatic rings. The van der Waals surface area contributed by atoms with Crippen LogP contribution in [0.1, 0.15) is 19.3 Å². The number of benzene rings is 2. The third-order valence-corrected chi connectivity index (χ3v) is 4.41. The lowest BCUT2D eigenvalue weighted by molar-refractivity contribution is -0.116. The second-order valence-electron chi connectivity index (χ2n) is 6.63. The maximum Gasteiger partial charge on any atom is 0.272 e. The molecule has 2 aromatic carbocycles. The molecule has 7 nitrogen and oxygen atoms in total. The Balaban J connectivity index is 2.02. The topological polar surface area (TPSA) is 102 Å². The van der Waals surface area contributed by atoms with Crippen molar-refractivity contribution in [3.05, 3.63) is 52.8 Å². The zero-order valence-electron chi connectivity index (χ0n) is 15.8. The molecule has 0 atom stereocenters. The van der Waals surface area contributed by atoms with Gasteiger partial charge in [0.2, 0.25) is 5.91 Å². The number of anilines is 2. The fraction of sp³-hybridized carbons (Fsp3) is 0.238. The Bertz CT molecular complexity index is 1110. The molecule has 28 heavy (non-hydrogen) atoms. The van der Waals surface area contributed by atoms with Gasteiger partial charge in [0.05, 0.1) is 28.5 Å². The zero-order valence-corrected chi connectivity index (χ0v) is 15.8. The van der Waals surface area contributed by atoms with E-state index in [0.29, 0.717) is 29.6 Å². The Morgan fingerprint density at radius 2 is 1.96 bits per heavy atom. The highest BCUT2D eigenvalue weighted by Gasteiger charge is 2.13. The molecule has 0 aliphatic carbocycles. The number of H-pyrrole nitrogens is 1. The molecule has 3 aromatic rings. The average molecular weight is 375 g/mol. The van der Waals surface area contributed by atoms with E-state index in [9.17, 15) is 9.59 Å². The number of amides is 1. The molecule has 0 radical (unpaired) electrons. The third kappa shape index (κ3) is 4.01. The van der Waals surface area contributed by atoms with Gasteiger partial charge in [-0.2, -0.15) is 10.4 Å². The number of unbranched alkanes of at least 4 members (excludes halogenated alkanes) is 1. The molecule has 0 bridgehead atoms. The first-order valence-corrected chi connectivity index (χ1v) is 8.97. The fourth-order valence-corrected chi connectivity index (χ4v) is 3.05. The number of aromatic nitrogens is 2. The summed E-state index contributed by atoms with van der Waals surface area (Å²) >= 11 is 0. The van der Waals surface area contributed by atoms with Crippen molar-refractivity contribution in [3.63, 3.8) is 0 Å². The molecule has 0 fully saturated rings. The Morgan fingerprint density at radius 1 is 1.21 bits per heavy atom. The Kier molecular flexibility index (Phi) is 5.70. The molecular formula is C21H21N5O2. The summed E-state index contributed by atoms with van der Waals surface area (Å²) in [5, 5.41) is 19.6. The van der Waals surface area contributed by atoms with Crippen LogP contribution in [0.4, 0.5) is 11.4 Å². The van der Waals surface area contributed by atoms with E-state index < -0.39 is 0 Å². The highest BCUT2D eigenvalue weighted by atomic mass is 16.1. The van der Waals surface area contributed by atoms with Crippen LogP contribution in [-0.4, -0.2) is 30.2 Å². The molecule has 0 aliphatic heterocycles. The van der Waals surface area contributed by atoms with Crippen LogP contribution in [0.2, 0.25) is 0 Å². The predicted molar refractivity (Wildman–Crippen MR) is 110 cm³/mol. The minimum absolute atomic E-state index is 0.144. The number of aromatic amines is 1. The van der Waals surface area contributed by atoms with Crippen LogP contribution in [0.25, 0.3) is 22.0 Å². The van der Waals surface area contributed by atoms with Crippen LogP contribution in [-0.2, 0) is 4.79 Å². The zero-order chi connectivity index (χ0) is 20.1. The smallest absolute Gasteiger partial charge is 0.272 e. The Morgan fingerprint density at radius 3 is 2.68 bits per heavy atom. The minimum atomic E-state index is -0.240. The number of carbonyl (C=O) groups excluding carboxylic acids is 1. The SMILES string of the molecule is CN(C)c1ccc(-c2n[nH]c(=O)c3ccccc23)cc1NC(=O)CCCC#N. The molecule has 0 saturated carbocycles. The van der Waals surface area contributed by atoms with Gasteiger partial charge in [0.1, 0.15) is 0 Å². The fourth-order valence-electron chi connectivity index (χ4n) is 3.05. The van der Waals surface area contributed by atoms with Crippen LogP contribution in [0.3, 0.4) is 0 Å². The molecule has 7 heteroatoms. The maximum atomic E-state index is 12.3. The molecular weight excluding hydrogens is 354 g/mol. The van der Waals surface area contributed by atoms with E-state index in [0.717, 1.165) is 16.6 Å². The summed E-state index contributed by atoms with van der Waals surface area (Å²) in [6.07, 6.45) is 1.15. The summed E-state index contributed by atoms with van der Waals surface area (Å²) < 4.78 is 0. The Hall–Kier alpha value is -3.66. The van der Waals surface area contributed by atoms with Gasteiger partial charge >= 0.3 is 0 Å². The molecule has 1 amide bonds. The number of nitrogens with one attached hydrogen (secondary N) is 2. The highest BCUT2D eigenvalue weighted by molar-refractivity contribution is 5.98. The summed E-state index contributed by atoms with van der Waals surface area (Å²) in [5.74, 6) is -0.144. The van der Waals surface area contributed by atoms with Crippen LogP contribution in [0.5, 0.6) is 0 Å². The van der Waals surface area contributed by atoms with Gasteiger partial charge in [-0.15, -0.1) is 0 Å². The van der Waals surface area contributed by atoms with Crippen molar-refractivity contribution in [2.24, 2.45) is 0 Å². The van der Waals surface area contributed by atoms with Gasteiger partial charge in [0.25, 0.3) is 5.56 Å². The summed E-state index contributed by atoms with van der Waals surface area (Å²) in [4.78, 5) is 26.2. The van der Waals surface area contributed by atoms with Gasteiger partial charge in [-0.25, -0.2) is 5.10 Å². The van der Waals surface area contributed by atoms with Crippen molar-refractivity contribution in [1.82, 2.24) is 10.2 Å². The number of rotatable bonds is 6. The van der Waals surface area contributed by atoms with E-state index in [-0.39, 0.29) is 17.9 Å². The van der Waals surface area contributed by atoms with Crippen molar-refractivity contribution in [3.8, 4) is 17.3 Å².